The van der Waals surface area contributed by atoms with Crippen molar-refractivity contribution in [1.82, 2.24) is 5.32 Å². The molecule has 5 nitrogen and oxygen atoms in total. The predicted octanol–water partition coefficient (Wildman–Crippen LogP) is 0.0149. The van der Waals surface area contributed by atoms with Gasteiger partial charge in [0.15, 0.2) is 0 Å². The summed E-state index contributed by atoms with van der Waals surface area (Å²) in [6, 6.07) is 0. The number of aliphatic hydroxyl groups is 1. The lowest BCUT2D eigenvalue weighted by Gasteiger charge is -2.09. The molecule has 0 spiro atoms. The maximum absolute atomic E-state index is 10.3. The zero-order valence-electron chi connectivity index (χ0n) is 8.44. The molecule has 0 aromatic carbocycles. The van der Waals surface area contributed by atoms with Crippen LogP contribution in [-0.4, -0.2) is 43.0 Å². The highest BCUT2D eigenvalue weighted by Gasteiger charge is 2.12. The fourth-order valence-corrected chi connectivity index (χ4v) is 1.67. The molecule has 3 N–H and O–H groups in total. The molecule has 0 radical (unpaired) electrons. The molecule has 0 saturated heterocycles. The second kappa shape index (κ2) is 7.17. The van der Waals surface area contributed by atoms with E-state index in [0.717, 1.165) is 25.8 Å². The zero-order valence-corrected chi connectivity index (χ0v) is 9.26. The van der Waals surface area contributed by atoms with Gasteiger partial charge in [-0.05, 0) is 13.0 Å². The Hall–Kier alpha value is -0.170. The molecular formula is C8H19NO4S. The third-order valence-electron chi connectivity index (χ3n) is 1.74. The first-order valence-corrected chi connectivity index (χ1v) is 6.40. The highest BCUT2D eigenvalue weighted by atomic mass is 32.2. The van der Waals surface area contributed by atoms with Crippen molar-refractivity contribution in [2.24, 2.45) is 0 Å². The average Bonchev–Trinajstić information content (AvgIpc) is 2.00. The van der Waals surface area contributed by atoms with Crippen LogP contribution in [-0.2, 0) is 10.1 Å². The molecule has 0 heterocycles. The first-order valence-electron chi connectivity index (χ1n) is 4.79. The van der Waals surface area contributed by atoms with Gasteiger partial charge in [0, 0.05) is 6.54 Å². The molecule has 0 aromatic heterocycles. The first kappa shape index (κ1) is 13.8. The fourth-order valence-electron chi connectivity index (χ4n) is 1.07. The molecule has 1 unspecified atom stereocenters. The zero-order chi connectivity index (χ0) is 11.0. The van der Waals surface area contributed by atoms with Gasteiger partial charge in [-0.25, -0.2) is 0 Å². The fraction of sp³-hybridized carbons (Fsp3) is 1.00. The van der Waals surface area contributed by atoms with Crippen LogP contribution < -0.4 is 5.32 Å². The Kier molecular flexibility index (Phi) is 7.08. The Morgan fingerprint density at radius 1 is 1.36 bits per heavy atom. The summed E-state index contributed by atoms with van der Waals surface area (Å²) in [5.41, 5.74) is 0. The molecule has 0 aliphatic rings. The minimum absolute atomic E-state index is 0.198. The second-order valence-electron chi connectivity index (χ2n) is 3.31. The van der Waals surface area contributed by atoms with Crippen LogP contribution in [0.2, 0.25) is 0 Å². The molecule has 0 aromatic rings. The van der Waals surface area contributed by atoms with E-state index >= 15 is 0 Å². The second-order valence-corrected chi connectivity index (χ2v) is 4.81. The molecule has 0 rings (SSSR count). The van der Waals surface area contributed by atoms with Gasteiger partial charge in [-0.2, -0.15) is 8.42 Å². The van der Waals surface area contributed by atoms with Crippen LogP contribution in [0.15, 0.2) is 0 Å². The SMILES string of the molecule is CCCCCNCC(O)CS(=O)(=O)O. The number of nitrogens with one attached hydrogen (secondary N) is 1. The monoisotopic (exact) mass is 225 g/mol. The Morgan fingerprint density at radius 2 is 2.00 bits per heavy atom. The average molecular weight is 225 g/mol. The van der Waals surface area contributed by atoms with Crippen LogP contribution >= 0.6 is 0 Å². The first-order chi connectivity index (χ1) is 6.45. The normalized spacial score (nSPS) is 14.2. The Labute approximate surface area is 85.3 Å². The predicted molar refractivity (Wildman–Crippen MR) is 54.8 cm³/mol. The molecular weight excluding hydrogens is 206 g/mol. The lowest BCUT2D eigenvalue weighted by atomic mass is 10.2. The van der Waals surface area contributed by atoms with Crippen LogP contribution in [0.4, 0.5) is 0 Å². The number of hydrogen-bond acceptors (Lipinski definition) is 4. The van der Waals surface area contributed by atoms with Gasteiger partial charge in [-0.3, -0.25) is 4.55 Å². The third kappa shape index (κ3) is 9.91. The molecule has 1 atom stereocenters. The summed E-state index contributed by atoms with van der Waals surface area (Å²) in [6.07, 6.45) is 2.21. The Balaban J connectivity index is 3.41. The molecule has 0 fully saturated rings. The smallest absolute Gasteiger partial charge is 0.267 e. The highest BCUT2D eigenvalue weighted by molar-refractivity contribution is 7.85. The van der Waals surface area contributed by atoms with Gasteiger partial charge in [-0.15, -0.1) is 0 Å². The van der Waals surface area contributed by atoms with Crippen molar-refractivity contribution in [3.05, 3.63) is 0 Å². The summed E-state index contributed by atoms with van der Waals surface area (Å²) >= 11 is 0. The van der Waals surface area contributed by atoms with Crippen molar-refractivity contribution >= 4 is 10.1 Å². The van der Waals surface area contributed by atoms with Gasteiger partial charge in [-0.1, -0.05) is 19.8 Å². The van der Waals surface area contributed by atoms with Gasteiger partial charge in [0.2, 0.25) is 0 Å². The van der Waals surface area contributed by atoms with Gasteiger partial charge < -0.3 is 10.4 Å². The quantitative estimate of drug-likeness (QED) is 0.400. The summed E-state index contributed by atoms with van der Waals surface area (Å²) in [4.78, 5) is 0. The van der Waals surface area contributed by atoms with E-state index in [-0.39, 0.29) is 6.54 Å². The standard InChI is InChI=1S/C8H19NO4S/c1-2-3-4-5-9-6-8(10)7-14(11,12)13/h8-10H,2-7H2,1H3,(H,11,12,13). The van der Waals surface area contributed by atoms with E-state index in [4.69, 9.17) is 9.66 Å². The van der Waals surface area contributed by atoms with E-state index < -0.39 is 22.0 Å². The minimum atomic E-state index is -4.06. The summed E-state index contributed by atoms with van der Waals surface area (Å²) in [6.45, 7) is 3.05. The molecule has 0 aliphatic heterocycles. The molecule has 86 valence electrons. The lowest BCUT2D eigenvalue weighted by Crippen LogP contribution is -2.32. The van der Waals surface area contributed by atoms with E-state index in [2.05, 4.69) is 12.2 Å². The van der Waals surface area contributed by atoms with Crippen molar-refractivity contribution < 1.29 is 18.1 Å². The van der Waals surface area contributed by atoms with Crippen molar-refractivity contribution in [2.45, 2.75) is 32.3 Å². The molecule has 0 aliphatic carbocycles. The van der Waals surface area contributed by atoms with Gasteiger partial charge in [0.1, 0.15) is 5.75 Å². The van der Waals surface area contributed by atoms with Crippen molar-refractivity contribution in [3.8, 4) is 0 Å². The van der Waals surface area contributed by atoms with Gasteiger partial charge in [0.05, 0.1) is 6.10 Å². The molecule has 6 heteroatoms. The largest absolute Gasteiger partial charge is 0.391 e. The van der Waals surface area contributed by atoms with E-state index in [1.165, 1.54) is 0 Å². The van der Waals surface area contributed by atoms with Gasteiger partial charge in [0.25, 0.3) is 10.1 Å². The van der Waals surface area contributed by atoms with E-state index in [1.807, 2.05) is 0 Å². The molecule has 0 amide bonds. The maximum atomic E-state index is 10.3. The Morgan fingerprint density at radius 3 is 2.50 bits per heavy atom. The third-order valence-corrected chi connectivity index (χ3v) is 2.55. The van der Waals surface area contributed by atoms with Crippen LogP contribution in [0.5, 0.6) is 0 Å². The van der Waals surface area contributed by atoms with E-state index in [9.17, 15) is 8.42 Å². The van der Waals surface area contributed by atoms with E-state index in [0.29, 0.717) is 0 Å². The summed E-state index contributed by atoms with van der Waals surface area (Å²) < 4.78 is 29.1. The van der Waals surface area contributed by atoms with Crippen molar-refractivity contribution in [3.63, 3.8) is 0 Å². The van der Waals surface area contributed by atoms with E-state index in [1.54, 1.807) is 0 Å². The maximum Gasteiger partial charge on any atom is 0.267 e. The molecule has 0 saturated carbocycles. The van der Waals surface area contributed by atoms with Gasteiger partial charge >= 0.3 is 0 Å². The van der Waals surface area contributed by atoms with Crippen LogP contribution in [0, 0.1) is 0 Å². The van der Waals surface area contributed by atoms with Crippen LogP contribution in [0.3, 0.4) is 0 Å². The Bertz CT molecular complexity index is 227. The summed E-state index contributed by atoms with van der Waals surface area (Å²) in [5.74, 6) is -0.603. The van der Waals surface area contributed by atoms with Crippen LogP contribution in [0.25, 0.3) is 0 Å². The lowest BCUT2D eigenvalue weighted by molar-refractivity contribution is 0.191. The number of rotatable bonds is 8. The van der Waals surface area contributed by atoms with Crippen molar-refractivity contribution in [1.29, 1.82) is 0 Å². The topological polar surface area (TPSA) is 86.6 Å². The molecule has 14 heavy (non-hydrogen) atoms. The highest BCUT2D eigenvalue weighted by Crippen LogP contribution is 1.92. The summed E-state index contributed by atoms with van der Waals surface area (Å²) in [7, 11) is -4.06. The number of unbranched alkanes of at least 4 members (excludes halogenated alkanes) is 2. The van der Waals surface area contributed by atoms with Crippen LogP contribution in [0.1, 0.15) is 26.2 Å². The van der Waals surface area contributed by atoms with Crippen molar-refractivity contribution in [2.75, 3.05) is 18.8 Å². The minimum Gasteiger partial charge on any atom is -0.391 e. The molecule has 0 bridgehead atoms. The number of hydrogen-bond donors (Lipinski definition) is 3. The number of aliphatic hydroxyl groups excluding tert-OH is 1. The summed E-state index contributed by atoms with van der Waals surface area (Å²) in [5, 5.41) is 12.1.